The molecule has 0 bridgehead atoms. The third kappa shape index (κ3) is 2.50. The van der Waals surface area contributed by atoms with Crippen LogP contribution < -0.4 is 0 Å². The average molecular weight is 316 g/mol. The van der Waals surface area contributed by atoms with Gasteiger partial charge in [0.05, 0.1) is 22.0 Å². The van der Waals surface area contributed by atoms with Crippen molar-refractivity contribution in [1.82, 2.24) is 9.78 Å². The number of hydrogen-bond acceptors (Lipinski definition) is 2. The molecule has 0 unspecified atom stereocenters. The molecule has 1 aromatic heterocycles. The summed E-state index contributed by atoms with van der Waals surface area (Å²) in [5, 5.41) is 13.7. The highest BCUT2D eigenvalue weighted by atomic mass is 79.9. The Bertz CT molecular complexity index is 576. The normalized spacial score (nSPS) is 10.5. The molecular formula is C11H8BrClN2O2. The van der Waals surface area contributed by atoms with E-state index in [0.717, 1.165) is 0 Å². The number of nitrogens with zero attached hydrogens (tertiary/aromatic N) is 2. The van der Waals surface area contributed by atoms with Crippen LogP contribution in [0.25, 0.3) is 5.69 Å². The van der Waals surface area contributed by atoms with E-state index >= 15 is 0 Å². The molecule has 0 aliphatic heterocycles. The summed E-state index contributed by atoms with van der Waals surface area (Å²) in [6.45, 7) is 1.79. The summed E-state index contributed by atoms with van der Waals surface area (Å²) in [5.41, 5.74) is 1.54. The molecule has 0 fully saturated rings. The minimum Gasteiger partial charge on any atom is -0.478 e. The maximum Gasteiger partial charge on any atom is 0.335 e. The zero-order chi connectivity index (χ0) is 12.6. The molecule has 0 saturated carbocycles. The smallest absolute Gasteiger partial charge is 0.335 e. The average Bonchev–Trinajstić information content (AvgIpc) is 2.58. The molecule has 2 rings (SSSR count). The van der Waals surface area contributed by atoms with E-state index in [9.17, 15) is 4.79 Å². The van der Waals surface area contributed by atoms with Crippen LogP contribution in [0.2, 0.25) is 5.02 Å². The van der Waals surface area contributed by atoms with E-state index in [1.165, 1.54) is 12.1 Å². The van der Waals surface area contributed by atoms with Gasteiger partial charge in [-0.05, 0) is 25.1 Å². The summed E-state index contributed by atoms with van der Waals surface area (Å²) in [6.07, 6.45) is 1.64. The lowest BCUT2D eigenvalue weighted by molar-refractivity contribution is 0.0697. The highest BCUT2D eigenvalue weighted by Crippen LogP contribution is 2.21. The number of carbonyl (C=O) groups is 1. The second-order valence-corrected chi connectivity index (χ2v) is 4.83. The fraction of sp³-hybridized carbons (Fsp3) is 0.0909. The number of aryl methyl sites for hydroxylation is 1. The van der Waals surface area contributed by atoms with Crippen LogP contribution in [-0.2, 0) is 0 Å². The Balaban J connectivity index is 2.55. The fourth-order valence-corrected chi connectivity index (χ4v) is 2.01. The van der Waals surface area contributed by atoms with E-state index in [0.29, 0.717) is 20.9 Å². The first-order valence-corrected chi connectivity index (χ1v) is 5.90. The largest absolute Gasteiger partial charge is 0.478 e. The van der Waals surface area contributed by atoms with Gasteiger partial charge in [-0.25, -0.2) is 9.48 Å². The standard InChI is InChI=1S/C11H8BrClN2O2/c1-6-10(13)5-15(14-6)9-3-7(11(16)17)2-8(12)4-9/h2-5H,1H3,(H,16,17). The lowest BCUT2D eigenvalue weighted by Gasteiger charge is -2.04. The topological polar surface area (TPSA) is 55.1 Å². The van der Waals surface area contributed by atoms with E-state index in [1.807, 2.05) is 0 Å². The third-order valence-electron chi connectivity index (χ3n) is 2.23. The molecule has 4 nitrogen and oxygen atoms in total. The van der Waals surface area contributed by atoms with Gasteiger partial charge in [-0.15, -0.1) is 0 Å². The molecule has 2 aromatic rings. The Morgan fingerprint density at radius 1 is 1.47 bits per heavy atom. The van der Waals surface area contributed by atoms with Gasteiger partial charge in [0.25, 0.3) is 0 Å². The second kappa shape index (κ2) is 4.50. The van der Waals surface area contributed by atoms with Gasteiger partial charge < -0.3 is 5.11 Å². The monoisotopic (exact) mass is 314 g/mol. The lowest BCUT2D eigenvalue weighted by atomic mass is 10.2. The Morgan fingerprint density at radius 2 is 2.18 bits per heavy atom. The zero-order valence-electron chi connectivity index (χ0n) is 8.82. The first kappa shape index (κ1) is 12.1. The minimum absolute atomic E-state index is 0.193. The van der Waals surface area contributed by atoms with E-state index in [2.05, 4.69) is 21.0 Å². The van der Waals surface area contributed by atoms with Crippen LogP contribution in [0.1, 0.15) is 16.1 Å². The Labute approximate surface area is 111 Å². The highest BCUT2D eigenvalue weighted by Gasteiger charge is 2.09. The predicted molar refractivity (Wildman–Crippen MR) is 68.0 cm³/mol. The van der Waals surface area contributed by atoms with Crippen molar-refractivity contribution in [3.63, 3.8) is 0 Å². The number of rotatable bonds is 2. The van der Waals surface area contributed by atoms with Crippen LogP contribution in [0.3, 0.4) is 0 Å². The van der Waals surface area contributed by atoms with Gasteiger partial charge in [0.15, 0.2) is 0 Å². The first-order chi connectivity index (χ1) is 7.97. The number of aromatic nitrogens is 2. The van der Waals surface area contributed by atoms with Crippen LogP contribution in [0.15, 0.2) is 28.9 Å². The number of benzene rings is 1. The van der Waals surface area contributed by atoms with Crippen LogP contribution in [0.4, 0.5) is 0 Å². The molecule has 0 aliphatic rings. The summed E-state index contributed by atoms with van der Waals surface area (Å²) in [5.74, 6) is -0.984. The van der Waals surface area contributed by atoms with E-state index in [-0.39, 0.29) is 5.56 Å². The SMILES string of the molecule is Cc1nn(-c2cc(Br)cc(C(=O)O)c2)cc1Cl. The van der Waals surface area contributed by atoms with Crippen LogP contribution in [0.5, 0.6) is 0 Å². The molecule has 0 saturated heterocycles. The molecule has 88 valence electrons. The molecule has 0 aliphatic carbocycles. The third-order valence-corrected chi connectivity index (χ3v) is 3.06. The van der Waals surface area contributed by atoms with Gasteiger partial charge in [0.2, 0.25) is 0 Å². The second-order valence-electron chi connectivity index (χ2n) is 3.51. The molecule has 1 heterocycles. The molecule has 0 radical (unpaired) electrons. The van der Waals surface area contributed by atoms with Gasteiger partial charge in [-0.2, -0.15) is 5.10 Å². The maximum atomic E-state index is 10.9. The van der Waals surface area contributed by atoms with Gasteiger partial charge in [-0.3, -0.25) is 0 Å². The van der Waals surface area contributed by atoms with Gasteiger partial charge in [0.1, 0.15) is 0 Å². The van der Waals surface area contributed by atoms with Crippen molar-refractivity contribution in [2.24, 2.45) is 0 Å². The first-order valence-electron chi connectivity index (χ1n) is 4.73. The van der Waals surface area contributed by atoms with Crippen molar-refractivity contribution in [3.8, 4) is 5.69 Å². The number of carboxylic acid groups (broad SMARTS) is 1. The van der Waals surface area contributed by atoms with Crippen molar-refractivity contribution in [1.29, 1.82) is 0 Å². The summed E-state index contributed by atoms with van der Waals surface area (Å²) < 4.78 is 2.23. The van der Waals surface area contributed by atoms with E-state index in [1.54, 1.807) is 23.9 Å². The molecule has 17 heavy (non-hydrogen) atoms. The Hall–Kier alpha value is -1.33. The lowest BCUT2D eigenvalue weighted by Crippen LogP contribution is -2.01. The molecule has 1 N–H and O–H groups in total. The fourth-order valence-electron chi connectivity index (χ4n) is 1.40. The van der Waals surface area contributed by atoms with Gasteiger partial charge >= 0.3 is 5.97 Å². The molecule has 0 spiro atoms. The van der Waals surface area contributed by atoms with E-state index < -0.39 is 5.97 Å². The van der Waals surface area contributed by atoms with Crippen LogP contribution in [-0.4, -0.2) is 20.9 Å². The van der Waals surface area contributed by atoms with Gasteiger partial charge in [-0.1, -0.05) is 27.5 Å². The number of aromatic carboxylic acids is 1. The number of carboxylic acids is 1. The molecular weight excluding hydrogens is 307 g/mol. The van der Waals surface area contributed by atoms with Crippen molar-refractivity contribution in [3.05, 3.63) is 45.1 Å². The maximum absolute atomic E-state index is 10.9. The predicted octanol–water partition coefficient (Wildman–Crippen LogP) is 3.29. The summed E-state index contributed by atoms with van der Waals surface area (Å²) in [7, 11) is 0. The van der Waals surface area contributed by atoms with Crippen LogP contribution >= 0.6 is 27.5 Å². The van der Waals surface area contributed by atoms with Crippen molar-refractivity contribution in [2.75, 3.05) is 0 Å². The molecule has 1 aromatic carbocycles. The zero-order valence-corrected chi connectivity index (χ0v) is 11.2. The molecule has 6 heteroatoms. The van der Waals surface area contributed by atoms with Crippen LogP contribution in [0, 0.1) is 6.92 Å². The van der Waals surface area contributed by atoms with E-state index in [4.69, 9.17) is 16.7 Å². The summed E-state index contributed by atoms with van der Waals surface area (Å²) in [4.78, 5) is 10.9. The van der Waals surface area contributed by atoms with Crippen molar-refractivity contribution >= 4 is 33.5 Å². The van der Waals surface area contributed by atoms with Gasteiger partial charge in [0, 0.05) is 10.7 Å². The summed E-state index contributed by atoms with van der Waals surface area (Å²) >= 11 is 9.18. The van der Waals surface area contributed by atoms with Crippen molar-refractivity contribution in [2.45, 2.75) is 6.92 Å². The molecule has 0 atom stereocenters. The number of hydrogen-bond donors (Lipinski definition) is 1. The highest BCUT2D eigenvalue weighted by molar-refractivity contribution is 9.10. The minimum atomic E-state index is -0.984. The Morgan fingerprint density at radius 3 is 2.71 bits per heavy atom. The quantitative estimate of drug-likeness (QED) is 0.925. The Kier molecular flexibility index (Phi) is 3.22. The van der Waals surface area contributed by atoms with Crippen molar-refractivity contribution < 1.29 is 9.90 Å². The summed E-state index contributed by atoms with van der Waals surface area (Å²) in [6, 6.07) is 4.84. The number of halogens is 2. The molecule has 0 amide bonds.